The molecule has 8 nitrogen and oxygen atoms in total. The molecule has 0 aliphatic carbocycles. The van der Waals surface area contributed by atoms with Crippen LogP contribution in [0.5, 0.6) is 0 Å². The lowest BCUT2D eigenvalue weighted by molar-refractivity contribution is 0.0730. The van der Waals surface area contributed by atoms with E-state index in [2.05, 4.69) is 10.5 Å². The predicted octanol–water partition coefficient (Wildman–Crippen LogP) is 3.55. The summed E-state index contributed by atoms with van der Waals surface area (Å²) < 4.78 is 37.2. The molecule has 1 amide bonds. The number of rotatable bonds is 7. The first-order valence-electron chi connectivity index (χ1n) is 10.1. The van der Waals surface area contributed by atoms with Gasteiger partial charge in [0.15, 0.2) is 0 Å². The average Bonchev–Trinajstić information content (AvgIpc) is 3.24. The van der Waals surface area contributed by atoms with Gasteiger partial charge in [0.1, 0.15) is 5.76 Å². The number of morpholine rings is 1. The Labute approximate surface area is 191 Å². The zero-order chi connectivity index (χ0) is 22.6. The van der Waals surface area contributed by atoms with Crippen molar-refractivity contribution in [3.63, 3.8) is 0 Å². The minimum absolute atomic E-state index is 0.191. The summed E-state index contributed by atoms with van der Waals surface area (Å²) in [5.41, 5.74) is 1.85. The van der Waals surface area contributed by atoms with Crippen molar-refractivity contribution >= 4 is 33.4 Å². The maximum Gasteiger partial charge on any atom is 0.256 e. The summed E-state index contributed by atoms with van der Waals surface area (Å²) in [4.78, 5) is 13.9. The van der Waals surface area contributed by atoms with Crippen LogP contribution < -0.4 is 5.32 Å². The molecular weight excluding hydrogens is 450 g/mol. The Balaban J connectivity index is 1.44. The van der Waals surface area contributed by atoms with Gasteiger partial charge in [0, 0.05) is 35.5 Å². The minimum Gasteiger partial charge on any atom is -0.379 e. The van der Waals surface area contributed by atoms with Gasteiger partial charge in [-0.25, -0.2) is 8.42 Å². The number of carbonyl (C=O) groups excluding carboxylic acids is 1. The lowest BCUT2D eigenvalue weighted by Crippen LogP contribution is -2.40. The molecule has 2 aromatic carbocycles. The van der Waals surface area contributed by atoms with Crippen molar-refractivity contribution in [3.05, 3.63) is 71.6 Å². The van der Waals surface area contributed by atoms with Gasteiger partial charge < -0.3 is 14.6 Å². The monoisotopic (exact) mass is 473 g/mol. The molecule has 0 saturated carbocycles. The smallest absolute Gasteiger partial charge is 0.256 e. The third kappa shape index (κ3) is 5.21. The SMILES string of the molecule is Cc1cc(CSc2ccccc2C(=O)Nc2ccc(S(=O)(=O)N3CCOCC3)cc2)no1. The Hall–Kier alpha value is -2.66. The van der Waals surface area contributed by atoms with Crippen LogP contribution in [0.4, 0.5) is 5.69 Å². The minimum atomic E-state index is -3.57. The summed E-state index contributed by atoms with van der Waals surface area (Å²) in [5, 5.41) is 6.82. The van der Waals surface area contributed by atoms with Crippen molar-refractivity contribution in [1.29, 1.82) is 0 Å². The molecule has 4 rings (SSSR count). The zero-order valence-electron chi connectivity index (χ0n) is 17.5. The molecule has 32 heavy (non-hydrogen) atoms. The summed E-state index contributed by atoms with van der Waals surface area (Å²) >= 11 is 1.50. The predicted molar refractivity (Wildman–Crippen MR) is 121 cm³/mol. The van der Waals surface area contributed by atoms with E-state index in [1.807, 2.05) is 25.1 Å². The number of carbonyl (C=O) groups is 1. The third-order valence-electron chi connectivity index (χ3n) is 4.90. The summed E-state index contributed by atoms with van der Waals surface area (Å²) in [5.74, 6) is 1.05. The number of ether oxygens (including phenoxy) is 1. The van der Waals surface area contributed by atoms with Crippen LogP contribution in [0.15, 0.2) is 68.9 Å². The van der Waals surface area contributed by atoms with Gasteiger partial charge in [-0.05, 0) is 43.3 Å². The van der Waals surface area contributed by atoms with Crippen LogP contribution in [0, 0.1) is 6.92 Å². The first-order valence-corrected chi connectivity index (χ1v) is 12.5. The van der Waals surface area contributed by atoms with Crippen molar-refractivity contribution in [2.75, 3.05) is 31.6 Å². The molecule has 0 radical (unpaired) electrons. The molecule has 2 heterocycles. The number of thioether (sulfide) groups is 1. The summed E-state index contributed by atoms with van der Waals surface area (Å²) in [6.45, 7) is 3.29. The van der Waals surface area contributed by atoms with Crippen molar-refractivity contribution in [2.45, 2.75) is 22.5 Å². The van der Waals surface area contributed by atoms with Crippen LogP contribution in [0.3, 0.4) is 0 Å². The van der Waals surface area contributed by atoms with Gasteiger partial charge in [0.2, 0.25) is 10.0 Å². The third-order valence-corrected chi connectivity index (χ3v) is 7.92. The van der Waals surface area contributed by atoms with E-state index in [0.717, 1.165) is 16.3 Å². The highest BCUT2D eigenvalue weighted by Gasteiger charge is 2.26. The second-order valence-electron chi connectivity index (χ2n) is 7.21. The molecule has 1 saturated heterocycles. The van der Waals surface area contributed by atoms with Crippen LogP contribution in [-0.2, 0) is 20.5 Å². The van der Waals surface area contributed by atoms with Gasteiger partial charge in [-0.2, -0.15) is 4.31 Å². The van der Waals surface area contributed by atoms with Crippen molar-refractivity contribution in [1.82, 2.24) is 9.46 Å². The molecular formula is C22H23N3O5S2. The molecule has 1 N–H and O–H groups in total. The Morgan fingerprint density at radius 1 is 1.12 bits per heavy atom. The van der Waals surface area contributed by atoms with E-state index in [4.69, 9.17) is 9.26 Å². The van der Waals surface area contributed by atoms with Crippen LogP contribution >= 0.6 is 11.8 Å². The molecule has 0 spiro atoms. The molecule has 1 aliphatic heterocycles. The van der Waals surface area contributed by atoms with Gasteiger partial charge in [0.05, 0.1) is 29.4 Å². The Kier molecular flexibility index (Phi) is 6.95. The van der Waals surface area contributed by atoms with Crippen LogP contribution in [0.1, 0.15) is 21.8 Å². The first-order chi connectivity index (χ1) is 15.4. The molecule has 1 aliphatic rings. The van der Waals surface area contributed by atoms with Crippen molar-refractivity contribution < 1.29 is 22.5 Å². The van der Waals surface area contributed by atoms with Gasteiger partial charge in [-0.15, -0.1) is 11.8 Å². The van der Waals surface area contributed by atoms with E-state index in [-0.39, 0.29) is 10.8 Å². The molecule has 1 aromatic heterocycles. The number of anilines is 1. The van der Waals surface area contributed by atoms with E-state index in [9.17, 15) is 13.2 Å². The molecule has 168 valence electrons. The van der Waals surface area contributed by atoms with Crippen LogP contribution in [0.2, 0.25) is 0 Å². The second kappa shape index (κ2) is 9.86. The number of sulfonamides is 1. The summed E-state index contributed by atoms with van der Waals surface area (Å²) in [6.07, 6.45) is 0. The van der Waals surface area contributed by atoms with Crippen molar-refractivity contribution in [3.8, 4) is 0 Å². The maximum atomic E-state index is 12.9. The number of nitrogens with one attached hydrogen (secondary N) is 1. The second-order valence-corrected chi connectivity index (χ2v) is 10.2. The quantitative estimate of drug-likeness (QED) is 0.524. The van der Waals surface area contributed by atoms with Gasteiger partial charge in [-0.1, -0.05) is 17.3 Å². The number of hydrogen-bond donors (Lipinski definition) is 1. The largest absolute Gasteiger partial charge is 0.379 e. The highest BCUT2D eigenvalue weighted by Crippen LogP contribution is 2.27. The number of benzene rings is 2. The number of aryl methyl sites for hydroxylation is 1. The molecule has 10 heteroatoms. The average molecular weight is 474 g/mol. The fraction of sp³-hybridized carbons (Fsp3) is 0.273. The van der Waals surface area contributed by atoms with E-state index < -0.39 is 10.0 Å². The van der Waals surface area contributed by atoms with E-state index in [1.54, 1.807) is 24.3 Å². The molecule has 0 bridgehead atoms. The van der Waals surface area contributed by atoms with E-state index >= 15 is 0 Å². The highest BCUT2D eigenvalue weighted by atomic mass is 32.2. The zero-order valence-corrected chi connectivity index (χ0v) is 19.1. The molecule has 3 aromatic rings. The van der Waals surface area contributed by atoms with Crippen LogP contribution in [0.25, 0.3) is 0 Å². The number of aromatic nitrogens is 1. The Morgan fingerprint density at radius 3 is 2.53 bits per heavy atom. The van der Waals surface area contributed by atoms with Crippen molar-refractivity contribution in [2.24, 2.45) is 0 Å². The number of nitrogens with zero attached hydrogens (tertiary/aromatic N) is 2. The van der Waals surface area contributed by atoms with Gasteiger partial charge in [0.25, 0.3) is 5.91 Å². The molecule has 0 atom stereocenters. The Bertz CT molecular complexity index is 1190. The normalized spacial score (nSPS) is 14.9. The van der Waals surface area contributed by atoms with Crippen LogP contribution in [-0.4, -0.2) is 50.1 Å². The topological polar surface area (TPSA) is 102 Å². The molecule has 0 unspecified atom stereocenters. The fourth-order valence-corrected chi connectivity index (χ4v) is 5.60. The first kappa shape index (κ1) is 22.5. The number of amides is 1. The number of hydrogen-bond acceptors (Lipinski definition) is 7. The van der Waals surface area contributed by atoms with E-state index in [1.165, 1.54) is 28.2 Å². The van der Waals surface area contributed by atoms with Gasteiger partial charge >= 0.3 is 0 Å². The maximum absolute atomic E-state index is 12.9. The highest BCUT2D eigenvalue weighted by molar-refractivity contribution is 7.98. The molecule has 1 fully saturated rings. The Morgan fingerprint density at radius 2 is 1.84 bits per heavy atom. The lowest BCUT2D eigenvalue weighted by Gasteiger charge is -2.26. The van der Waals surface area contributed by atoms with E-state index in [0.29, 0.717) is 43.3 Å². The lowest BCUT2D eigenvalue weighted by atomic mass is 10.2. The van der Waals surface area contributed by atoms with Gasteiger partial charge in [-0.3, -0.25) is 4.79 Å². The summed E-state index contributed by atoms with van der Waals surface area (Å²) in [7, 11) is -3.57. The summed E-state index contributed by atoms with van der Waals surface area (Å²) in [6, 6.07) is 15.4. The standard InChI is InChI=1S/C22H23N3O5S2/c1-16-14-18(24-30-16)15-31-21-5-3-2-4-20(21)22(26)23-17-6-8-19(9-7-17)32(27,28)25-10-12-29-13-11-25/h2-9,14H,10-13,15H2,1H3,(H,23,26). The fourth-order valence-electron chi connectivity index (χ4n) is 3.26.